The fraction of sp³-hybridized carbons (Fsp3) is 0.714. The van der Waals surface area contributed by atoms with Crippen LogP contribution in [0.2, 0.25) is 0 Å². The number of ether oxygens (including phenoxy) is 2. The molecule has 2 saturated carbocycles. The van der Waals surface area contributed by atoms with Crippen molar-refractivity contribution < 1.29 is 9.47 Å². The Morgan fingerprint density at radius 2 is 2.00 bits per heavy atom. The van der Waals surface area contributed by atoms with Gasteiger partial charge >= 0.3 is 0 Å². The second kappa shape index (κ2) is 6.68. The van der Waals surface area contributed by atoms with E-state index in [9.17, 15) is 0 Å². The van der Waals surface area contributed by atoms with Gasteiger partial charge in [-0.2, -0.15) is 0 Å². The van der Waals surface area contributed by atoms with Crippen LogP contribution < -0.4 is 10.6 Å². The Morgan fingerprint density at radius 1 is 1.21 bits per heavy atom. The average molecular weight is 386 g/mol. The van der Waals surface area contributed by atoms with Crippen LogP contribution in [0.4, 0.5) is 5.82 Å². The van der Waals surface area contributed by atoms with Gasteiger partial charge in [0.05, 0.1) is 17.5 Å². The monoisotopic (exact) mass is 385 g/mol. The van der Waals surface area contributed by atoms with Gasteiger partial charge in [-0.3, -0.25) is 0 Å². The maximum Gasteiger partial charge on any atom is 0.163 e. The van der Waals surface area contributed by atoms with Gasteiger partial charge in [0.25, 0.3) is 0 Å². The molecule has 2 aromatic rings. The van der Waals surface area contributed by atoms with Gasteiger partial charge in [-0.1, -0.05) is 13.8 Å². The smallest absolute Gasteiger partial charge is 0.163 e. The number of hydrogen-bond acceptors (Lipinski definition) is 6. The number of nitrogens with one attached hydrogen (secondary N) is 2. The molecular weight excluding hydrogens is 354 g/mol. The molecule has 0 amide bonds. The van der Waals surface area contributed by atoms with Crippen molar-refractivity contribution in [3.63, 3.8) is 0 Å². The van der Waals surface area contributed by atoms with Crippen LogP contribution in [0.15, 0.2) is 18.6 Å². The fourth-order valence-corrected chi connectivity index (χ4v) is 4.69. The zero-order valence-electron chi connectivity index (χ0n) is 17.2. The lowest BCUT2D eigenvalue weighted by molar-refractivity contribution is -0.160. The second-order valence-corrected chi connectivity index (χ2v) is 9.29. The normalized spacial score (nSPS) is 31.6. The summed E-state index contributed by atoms with van der Waals surface area (Å²) in [5, 5.41) is 8.21. The molecule has 2 aliphatic carbocycles. The molecule has 0 bridgehead atoms. The maximum absolute atomic E-state index is 6.37. The van der Waals surface area contributed by atoms with E-state index in [0.717, 1.165) is 29.8 Å². The number of nitrogens with zero attached hydrogens (tertiary/aromatic N) is 3. The molecule has 7 heteroatoms. The molecule has 152 valence electrons. The molecule has 2 aromatic heterocycles. The van der Waals surface area contributed by atoms with Crippen LogP contribution in [0, 0.1) is 5.92 Å². The second-order valence-electron chi connectivity index (χ2n) is 9.29. The van der Waals surface area contributed by atoms with E-state index in [1.165, 1.54) is 12.8 Å². The lowest BCUT2D eigenvalue weighted by Gasteiger charge is -2.25. The quantitative estimate of drug-likeness (QED) is 0.796. The van der Waals surface area contributed by atoms with E-state index in [1.54, 1.807) is 6.33 Å². The van der Waals surface area contributed by atoms with Crippen LogP contribution in [0.1, 0.15) is 53.0 Å². The van der Waals surface area contributed by atoms with Crippen molar-refractivity contribution in [1.29, 1.82) is 0 Å². The molecule has 28 heavy (non-hydrogen) atoms. The predicted octanol–water partition coefficient (Wildman–Crippen LogP) is 3.08. The van der Waals surface area contributed by atoms with Crippen LogP contribution >= 0.6 is 0 Å². The van der Waals surface area contributed by atoms with Crippen molar-refractivity contribution in [2.75, 3.05) is 11.9 Å². The Kier molecular flexibility index (Phi) is 4.37. The summed E-state index contributed by atoms with van der Waals surface area (Å²) in [5.74, 6) is 0.825. The Hall–Kier alpha value is -1.70. The highest BCUT2D eigenvalue weighted by Gasteiger charge is 2.54. The molecule has 0 spiro atoms. The molecule has 2 N–H and O–H groups in total. The summed E-state index contributed by atoms with van der Waals surface area (Å²) in [7, 11) is 0. The zero-order chi connectivity index (χ0) is 19.5. The lowest BCUT2D eigenvalue weighted by atomic mass is 10.1. The van der Waals surface area contributed by atoms with E-state index >= 15 is 0 Å². The molecule has 1 saturated heterocycles. The highest BCUT2D eigenvalue weighted by atomic mass is 16.8. The van der Waals surface area contributed by atoms with Crippen LogP contribution in [-0.4, -0.2) is 51.2 Å². The molecule has 0 aromatic carbocycles. The van der Waals surface area contributed by atoms with Crippen LogP contribution in [0.3, 0.4) is 0 Å². The largest absolute Gasteiger partial charge is 0.367 e. The number of hydrogen-bond donors (Lipinski definition) is 2. The van der Waals surface area contributed by atoms with Gasteiger partial charge in [-0.05, 0) is 39.2 Å². The molecular formula is C21H31N5O2. The van der Waals surface area contributed by atoms with Gasteiger partial charge in [0, 0.05) is 30.7 Å². The minimum Gasteiger partial charge on any atom is -0.367 e. The van der Waals surface area contributed by atoms with Crippen molar-refractivity contribution in [1.82, 2.24) is 19.9 Å². The first-order chi connectivity index (χ1) is 13.4. The first-order valence-electron chi connectivity index (χ1n) is 10.6. The van der Waals surface area contributed by atoms with Crippen LogP contribution in [-0.2, 0) is 9.47 Å². The number of rotatable bonds is 6. The molecule has 4 atom stereocenters. The van der Waals surface area contributed by atoms with Crippen LogP contribution in [0.5, 0.6) is 0 Å². The lowest BCUT2D eigenvalue weighted by Crippen LogP contribution is -2.35. The summed E-state index contributed by atoms with van der Waals surface area (Å²) < 4.78 is 15.0. The van der Waals surface area contributed by atoms with E-state index in [2.05, 4.69) is 51.3 Å². The maximum atomic E-state index is 6.37. The highest BCUT2D eigenvalue weighted by Crippen LogP contribution is 2.47. The van der Waals surface area contributed by atoms with Gasteiger partial charge in [0.2, 0.25) is 0 Å². The van der Waals surface area contributed by atoms with E-state index in [1.807, 2.05) is 13.8 Å². The Morgan fingerprint density at radius 3 is 2.75 bits per heavy atom. The predicted molar refractivity (Wildman–Crippen MR) is 108 cm³/mol. The molecule has 7 nitrogen and oxygen atoms in total. The minimum atomic E-state index is -0.541. The summed E-state index contributed by atoms with van der Waals surface area (Å²) in [4.78, 5) is 9.10. The van der Waals surface area contributed by atoms with Crippen molar-refractivity contribution in [3.05, 3.63) is 18.6 Å². The summed E-state index contributed by atoms with van der Waals surface area (Å²) in [6.45, 7) is 9.35. The van der Waals surface area contributed by atoms with Crippen molar-refractivity contribution in [2.45, 2.75) is 83.1 Å². The first kappa shape index (κ1) is 18.3. The van der Waals surface area contributed by atoms with E-state index < -0.39 is 5.79 Å². The first-order valence-corrected chi connectivity index (χ1v) is 10.6. The minimum absolute atomic E-state index is 0.0411. The third-order valence-corrected chi connectivity index (χ3v) is 6.12. The molecule has 0 radical (unpaired) electrons. The number of fused-ring (bicyclic) bond motifs is 2. The van der Waals surface area contributed by atoms with Gasteiger partial charge in [-0.15, -0.1) is 0 Å². The van der Waals surface area contributed by atoms with Crippen molar-refractivity contribution in [3.8, 4) is 0 Å². The zero-order valence-corrected chi connectivity index (χ0v) is 17.2. The van der Waals surface area contributed by atoms with E-state index in [0.29, 0.717) is 18.0 Å². The average Bonchev–Trinajstić information content (AvgIpc) is 3.11. The summed E-state index contributed by atoms with van der Waals surface area (Å²) in [6.07, 6.45) is 7.43. The van der Waals surface area contributed by atoms with Gasteiger partial charge in [-0.25, -0.2) is 9.97 Å². The van der Waals surface area contributed by atoms with Gasteiger partial charge in [0.1, 0.15) is 23.9 Å². The standard InChI is InChI=1S/C21H31N5O2/c1-12(2)22-10-13-9-16(18-17(13)27-21(3,4)28-18)26-8-7-15-19(25-14-5-6-14)23-11-24-20(15)26/h7-8,11-14,16-18,22H,5-6,9-10H2,1-4H3,(H,23,24,25)/t13-,16-,17-,18+/m1/s1. The van der Waals surface area contributed by atoms with Gasteiger partial charge in [0.15, 0.2) is 5.79 Å². The molecule has 3 aliphatic rings. The molecule has 0 unspecified atom stereocenters. The fourth-order valence-electron chi connectivity index (χ4n) is 4.69. The topological polar surface area (TPSA) is 73.2 Å². The summed E-state index contributed by atoms with van der Waals surface area (Å²) >= 11 is 0. The molecule has 3 heterocycles. The third kappa shape index (κ3) is 3.29. The Bertz CT molecular complexity index is 860. The Labute approximate surface area is 166 Å². The highest BCUT2D eigenvalue weighted by molar-refractivity contribution is 5.87. The van der Waals surface area contributed by atoms with Crippen molar-refractivity contribution in [2.24, 2.45) is 5.92 Å². The molecule has 1 aliphatic heterocycles. The molecule has 5 rings (SSSR count). The van der Waals surface area contributed by atoms with Gasteiger partial charge < -0.3 is 24.7 Å². The summed E-state index contributed by atoms with van der Waals surface area (Å²) in [6, 6.07) is 3.38. The number of aromatic nitrogens is 3. The SMILES string of the molecule is CC(C)NC[C@H]1C[C@@H](n2ccc3c(NC4CC4)ncnc32)[C@@H]2OC(C)(C)O[C@H]12. The van der Waals surface area contributed by atoms with Crippen LogP contribution in [0.25, 0.3) is 11.0 Å². The van der Waals surface area contributed by atoms with E-state index in [4.69, 9.17) is 9.47 Å². The van der Waals surface area contributed by atoms with E-state index in [-0.39, 0.29) is 18.2 Å². The molecule has 3 fully saturated rings. The summed E-state index contributed by atoms with van der Waals surface area (Å²) in [5.41, 5.74) is 0.979. The number of anilines is 1. The third-order valence-electron chi connectivity index (χ3n) is 6.12. The van der Waals surface area contributed by atoms with Crippen molar-refractivity contribution >= 4 is 16.9 Å². The Balaban J connectivity index is 1.46.